The van der Waals surface area contributed by atoms with Crippen LogP contribution in [0.25, 0.3) is 0 Å². The number of nitrogens with zero attached hydrogens (tertiary/aromatic N) is 1. The summed E-state index contributed by atoms with van der Waals surface area (Å²) in [5.74, 6) is 0.647. The van der Waals surface area contributed by atoms with Gasteiger partial charge < -0.3 is 14.6 Å². The molecule has 0 bridgehead atoms. The van der Waals surface area contributed by atoms with Crippen LogP contribution in [0.5, 0.6) is 0 Å². The predicted molar refractivity (Wildman–Crippen MR) is 81.5 cm³/mol. The molecule has 1 aromatic heterocycles. The van der Waals surface area contributed by atoms with E-state index in [4.69, 9.17) is 4.42 Å². The molecule has 1 heterocycles. The van der Waals surface area contributed by atoms with Crippen LogP contribution in [0, 0.1) is 0 Å². The first kappa shape index (κ1) is 16.5. The quantitative estimate of drug-likeness (QED) is 0.753. The van der Waals surface area contributed by atoms with E-state index in [9.17, 15) is 8.42 Å². The highest BCUT2D eigenvalue weighted by atomic mass is 32.2. The van der Waals surface area contributed by atoms with Gasteiger partial charge in [0.1, 0.15) is 5.76 Å². The van der Waals surface area contributed by atoms with Gasteiger partial charge in [-0.25, -0.2) is 13.1 Å². The van der Waals surface area contributed by atoms with Crippen LogP contribution in [0.3, 0.4) is 0 Å². The highest BCUT2D eigenvalue weighted by Crippen LogP contribution is 2.20. The van der Waals surface area contributed by atoms with Crippen molar-refractivity contribution in [3.63, 3.8) is 0 Å². The Bertz CT molecular complexity index is 574. The van der Waals surface area contributed by atoms with Crippen molar-refractivity contribution in [2.24, 2.45) is 0 Å². The van der Waals surface area contributed by atoms with E-state index < -0.39 is 10.0 Å². The van der Waals surface area contributed by atoms with E-state index in [1.165, 1.54) is 18.9 Å². The largest absolute Gasteiger partial charge is 0.447 e. The van der Waals surface area contributed by atoms with Crippen LogP contribution in [-0.2, 0) is 16.6 Å². The van der Waals surface area contributed by atoms with Crippen LogP contribution >= 0.6 is 0 Å². The van der Waals surface area contributed by atoms with E-state index in [0.29, 0.717) is 24.9 Å². The molecule has 7 heteroatoms. The fourth-order valence-corrected chi connectivity index (χ4v) is 2.78. The van der Waals surface area contributed by atoms with Gasteiger partial charge in [0.25, 0.3) is 10.0 Å². The second-order valence-corrected chi connectivity index (χ2v) is 8.11. The number of hydrogen-bond donors (Lipinski definition) is 2. The predicted octanol–water partition coefficient (Wildman–Crippen LogP) is 1.15. The average molecular weight is 315 g/mol. The maximum Gasteiger partial charge on any atom is 0.274 e. The molecule has 0 spiro atoms. The van der Waals surface area contributed by atoms with E-state index in [1.54, 1.807) is 6.07 Å². The molecule has 1 fully saturated rings. The summed E-state index contributed by atoms with van der Waals surface area (Å²) in [6, 6.07) is 3.78. The molecule has 1 aromatic rings. The Balaban J connectivity index is 1.95. The Morgan fingerprint density at radius 3 is 2.57 bits per heavy atom. The second-order valence-electron chi connectivity index (χ2n) is 6.41. The van der Waals surface area contributed by atoms with Gasteiger partial charge in [0, 0.05) is 18.1 Å². The second kappa shape index (κ2) is 6.08. The maximum atomic E-state index is 12.2. The molecule has 1 aliphatic carbocycles. The van der Waals surface area contributed by atoms with Gasteiger partial charge in [0.05, 0.1) is 6.54 Å². The lowest BCUT2D eigenvalue weighted by Gasteiger charge is -2.32. The summed E-state index contributed by atoms with van der Waals surface area (Å²) in [5, 5.41) is 3.27. The van der Waals surface area contributed by atoms with Crippen LogP contribution < -0.4 is 10.0 Å². The topological polar surface area (TPSA) is 74.6 Å². The van der Waals surface area contributed by atoms with Crippen LogP contribution in [0.15, 0.2) is 21.6 Å². The Morgan fingerprint density at radius 2 is 2.00 bits per heavy atom. The summed E-state index contributed by atoms with van der Waals surface area (Å²) in [7, 11) is 0.239. The van der Waals surface area contributed by atoms with Crippen molar-refractivity contribution < 1.29 is 12.8 Å². The zero-order chi connectivity index (χ0) is 15.7. The number of likely N-dealkylation sites (N-methyl/N-ethyl adjacent to an activating group) is 1. The Hall–Kier alpha value is -0.890. The minimum Gasteiger partial charge on any atom is -0.447 e. The van der Waals surface area contributed by atoms with Gasteiger partial charge in [-0.2, -0.15) is 0 Å². The molecule has 6 nitrogen and oxygen atoms in total. The standard InChI is InChI=1S/C14H25N3O3S/c1-14(2,17(3)4)10-16-21(18,19)13-8-7-12(20-13)9-15-11-5-6-11/h7-8,11,15-16H,5-6,9-10H2,1-4H3. The number of furan rings is 1. The lowest BCUT2D eigenvalue weighted by molar-refractivity contribution is 0.198. The monoisotopic (exact) mass is 315 g/mol. The normalized spacial score (nSPS) is 16.6. The Labute approximate surface area is 126 Å². The first-order chi connectivity index (χ1) is 9.71. The van der Waals surface area contributed by atoms with Gasteiger partial charge in [-0.1, -0.05) is 0 Å². The van der Waals surface area contributed by atoms with Gasteiger partial charge in [-0.05, 0) is 52.9 Å². The lowest BCUT2D eigenvalue weighted by Crippen LogP contribution is -2.48. The highest BCUT2D eigenvalue weighted by molar-refractivity contribution is 7.89. The SMILES string of the molecule is CN(C)C(C)(C)CNS(=O)(=O)c1ccc(CNC2CC2)o1. The molecule has 120 valence electrons. The van der Waals surface area contributed by atoms with Crippen molar-refractivity contribution >= 4 is 10.0 Å². The number of hydrogen-bond acceptors (Lipinski definition) is 5. The average Bonchev–Trinajstić information content (AvgIpc) is 3.10. The molecular formula is C14H25N3O3S. The number of rotatable bonds is 8. The first-order valence-electron chi connectivity index (χ1n) is 7.20. The number of sulfonamides is 1. The molecule has 0 aromatic carbocycles. The maximum absolute atomic E-state index is 12.2. The van der Waals surface area contributed by atoms with Gasteiger partial charge in [-0.3, -0.25) is 0 Å². The molecule has 0 saturated heterocycles. The third kappa shape index (κ3) is 4.54. The Kier molecular flexibility index (Phi) is 4.77. The van der Waals surface area contributed by atoms with E-state index in [0.717, 1.165) is 0 Å². The summed E-state index contributed by atoms with van der Waals surface area (Å²) >= 11 is 0. The molecule has 0 amide bonds. The zero-order valence-electron chi connectivity index (χ0n) is 13.1. The molecule has 0 unspecified atom stereocenters. The Morgan fingerprint density at radius 1 is 1.33 bits per heavy atom. The third-order valence-corrected chi connectivity index (χ3v) is 5.22. The van der Waals surface area contributed by atoms with Gasteiger partial charge in [-0.15, -0.1) is 0 Å². The van der Waals surface area contributed by atoms with Gasteiger partial charge in [0.2, 0.25) is 5.09 Å². The van der Waals surface area contributed by atoms with Gasteiger partial charge in [0.15, 0.2) is 0 Å². The van der Waals surface area contributed by atoms with Crippen molar-refractivity contribution in [1.29, 1.82) is 0 Å². The van der Waals surface area contributed by atoms with Crippen molar-refractivity contribution in [3.05, 3.63) is 17.9 Å². The van der Waals surface area contributed by atoms with E-state index in [2.05, 4.69) is 10.0 Å². The fraction of sp³-hybridized carbons (Fsp3) is 0.714. The van der Waals surface area contributed by atoms with Crippen molar-refractivity contribution in [3.8, 4) is 0 Å². The first-order valence-corrected chi connectivity index (χ1v) is 8.68. The van der Waals surface area contributed by atoms with Crippen molar-refractivity contribution in [2.75, 3.05) is 20.6 Å². The molecule has 2 rings (SSSR count). The third-order valence-electron chi connectivity index (χ3n) is 3.95. The summed E-state index contributed by atoms with van der Waals surface area (Å²) < 4.78 is 32.5. The number of nitrogens with one attached hydrogen (secondary N) is 2. The zero-order valence-corrected chi connectivity index (χ0v) is 14.0. The van der Waals surface area contributed by atoms with Crippen LogP contribution in [-0.4, -0.2) is 45.5 Å². The smallest absolute Gasteiger partial charge is 0.274 e. The minimum absolute atomic E-state index is 0.0235. The van der Waals surface area contributed by atoms with Crippen molar-refractivity contribution in [2.45, 2.75) is 49.9 Å². The molecule has 2 N–H and O–H groups in total. The van der Waals surface area contributed by atoms with Crippen LogP contribution in [0.4, 0.5) is 0 Å². The van der Waals surface area contributed by atoms with E-state index >= 15 is 0 Å². The van der Waals surface area contributed by atoms with Crippen molar-refractivity contribution in [1.82, 2.24) is 14.9 Å². The van der Waals surface area contributed by atoms with Crippen LogP contribution in [0.1, 0.15) is 32.4 Å². The highest BCUT2D eigenvalue weighted by Gasteiger charge is 2.26. The van der Waals surface area contributed by atoms with E-state index in [-0.39, 0.29) is 10.6 Å². The summed E-state index contributed by atoms with van der Waals surface area (Å²) in [5.41, 5.74) is -0.268. The molecule has 21 heavy (non-hydrogen) atoms. The molecule has 0 radical (unpaired) electrons. The lowest BCUT2D eigenvalue weighted by atomic mass is 10.1. The summed E-state index contributed by atoms with van der Waals surface area (Å²) in [6.45, 7) is 4.84. The molecule has 1 saturated carbocycles. The van der Waals surface area contributed by atoms with E-state index in [1.807, 2.05) is 32.8 Å². The molecule has 0 aliphatic heterocycles. The summed E-state index contributed by atoms with van der Waals surface area (Å²) in [4.78, 5) is 1.97. The minimum atomic E-state index is -3.60. The molecule has 0 atom stereocenters. The fourth-order valence-electron chi connectivity index (χ4n) is 1.63. The summed E-state index contributed by atoms with van der Waals surface area (Å²) in [6.07, 6.45) is 2.38. The van der Waals surface area contributed by atoms with Crippen LogP contribution in [0.2, 0.25) is 0 Å². The van der Waals surface area contributed by atoms with Gasteiger partial charge >= 0.3 is 0 Å². The molecular weight excluding hydrogens is 290 g/mol. The molecule has 1 aliphatic rings.